The van der Waals surface area contributed by atoms with E-state index in [1.54, 1.807) is 44.5 Å². The zero-order valence-electron chi connectivity index (χ0n) is 16.1. The summed E-state index contributed by atoms with van der Waals surface area (Å²) in [5.74, 6) is 6.30. The molecule has 0 aliphatic rings. The van der Waals surface area contributed by atoms with Gasteiger partial charge in [-0.05, 0) is 42.5 Å². The van der Waals surface area contributed by atoms with Gasteiger partial charge >= 0.3 is 0 Å². The van der Waals surface area contributed by atoms with Gasteiger partial charge in [-0.2, -0.15) is 5.10 Å². The van der Waals surface area contributed by atoms with Crippen LogP contribution in [0.3, 0.4) is 0 Å². The first-order valence-corrected chi connectivity index (χ1v) is 8.88. The highest BCUT2D eigenvalue weighted by molar-refractivity contribution is 5.93. The zero-order chi connectivity index (χ0) is 20.6. The standard InChI is InChI=1S/C22H20FN3O3/c1-26-19(15-18(25-26)16-9-11-17(23)12-10-16)22(27)24-13-5-6-14-29-21-8-4-3-7-20(21)28-2/h3-4,7-12,15H,13-14H2,1-2H3,(H,24,27). The SMILES string of the molecule is COc1ccccc1OCC#CCNC(=O)c1cc(-c2ccc(F)cc2)nn1C. The average molecular weight is 393 g/mol. The number of para-hydroxylation sites is 2. The lowest BCUT2D eigenvalue weighted by Gasteiger charge is -2.07. The van der Waals surface area contributed by atoms with Gasteiger partial charge < -0.3 is 14.8 Å². The number of methoxy groups -OCH3 is 1. The summed E-state index contributed by atoms with van der Waals surface area (Å²) < 4.78 is 25.3. The Morgan fingerprint density at radius 2 is 1.86 bits per heavy atom. The molecule has 0 saturated heterocycles. The summed E-state index contributed by atoms with van der Waals surface area (Å²) in [6.45, 7) is 0.349. The summed E-state index contributed by atoms with van der Waals surface area (Å²) in [4.78, 5) is 12.4. The second kappa shape index (κ2) is 9.42. The van der Waals surface area contributed by atoms with Crippen molar-refractivity contribution in [2.45, 2.75) is 0 Å². The molecule has 0 bridgehead atoms. The molecule has 1 heterocycles. The average Bonchev–Trinajstić information content (AvgIpc) is 3.13. The Morgan fingerprint density at radius 1 is 1.14 bits per heavy atom. The third-order valence-electron chi connectivity index (χ3n) is 4.08. The summed E-state index contributed by atoms with van der Waals surface area (Å²) in [6, 6.07) is 14.9. The van der Waals surface area contributed by atoms with Crippen molar-refractivity contribution in [1.82, 2.24) is 15.1 Å². The molecule has 0 fully saturated rings. The van der Waals surface area contributed by atoms with Gasteiger partial charge in [0, 0.05) is 12.6 Å². The minimum atomic E-state index is -0.323. The van der Waals surface area contributed by atoms with Crippen molar-refractivity contribution < 1.29 is 18.7 Å². The molecule has 1 aromatic heterocycles. The van der Waals surface area contributed by atoms with Crippen LogP contribution in [0.1, 0.15) is 10.5 Å². The molecule has 0 spiro atoms. The maximum atomic E-state index is 13.1. The van der Waals surface area contributed by atoms with Crippen LogP contribution in [0.15, 0.2) is 54.6 Å². The Balaban J connectivity index is 1.53. The van der Waals surface area contributed by atoms with Crippen molar-refractivity contribution in [2.75, 3.05) is 20.3 Å². The van der Waals surface area contributed by atoms with Gasteiger partial charge in [0.25, 0.3) is 5.91 Å². The van der Waals surface area contributed by atoms with Gasteiger partial charge in [-0.15, -0.1) is 0 Å². The lowest BCUT2D eigenvalue weighted by molar-refractivity contribution is 0.0949. The van der Waals surface area contributed by atoms with Crippen molar-refractivity contribution in [3.05, 3.63) is 66.1 Å². The number of halogens is 1. The summed E-state index contributed by atoms with van der Waals surface area (Å²) in [5, 5.41) is 7.03. The Hall–Kier alpha value is -3.79. The number of hydrogen-bond donors (Lipinski definition) is 1. The number of hydrogen-bond acceptors (Lipinski definition) is 4. The number of carbonyl (C=O) groups excluding carboxylic acids is 1. The van der Waals surface area contributed by atoms with E-state index >= 15 is 0 Å². The topological polar surface area (TPSA) is 65.4 Å². The highest BCUT2D eigenvalue weighted by Crippen LogP contribution is 2.25. The highest BCUT2D eigenvalue weighted by Gasteiger charge is 2.13. The maximum Gasteiger partial charge on any atom is 0.270 e. The van der Waals surface area contributed by atoms with E-state index in [0.717, 1.165) is 5.56 Å². The quantitative estimate of drug-likeness (QED) is 0.654. The van der Waals surface area contributed by atoms with Gasteiger partial charge in [0.05, 0.1) is 19.3 Å². The first kappa shape index (κ1) is 20.0. The first-order chi connectivity index (χ1) is 14.1. The van der Waals surface area contributed by atoms with Crippen LogP contribution in [-0.2, 0) is 7.05 Å². The molecule has 0 radical (unpaired) electrons. The molecule has 7 heteroatoms. The summed E-state index contributed by atoms with van der Waals surface area (Å²) in [6.07, 6.45) is 0. The second-order valence-corrected chi connectivity index (χ2v) is 6.02. The zero-order valence-corrected chi connectivity index (χ0v) is 16.1. The van der Waals surface area contributed by atoms with E-state index in [1.165, 1.54) is 16.8 Å². The summed E-state index contributed by atoms with van der Waals surface area (Å²) >= 11 is 0. The van der Waals surface area contributed by atoms with Crippen LogP contribution < -0.4 is 14.8 Å². The number of nitrogens with one attached hydrogen (secondary N) is 1. The van der Waals surface area contributed by atoms with Crippen LogP contribution in [0.2, 0.25) is 0 Å². The van der Waals surface area contributed by atoms with Gasteiger partial charge in [0.1, 0.15) is 18.1 Å². The monoisotopic (exact) mass is 393 g/mol. The molecule has 1 N–H and O–H groups in total. The van der Waals surface area contributed by atoms with Gasteiger partial charge in [0.2, 0.25) is 0 Å². The Bertz CT molecular complexity index is 1050. The van der Waals surface area contributed by atoms with Crippen molar-refractivity contribution in [3.8, 4) is 34.6 Å². The predicted molar refractivity (Wildman–Crippen MR) is 107 cm³/mol. The fourth-order valence-electron chi connectivity index (χ4n) is 2.62. The molecule has 0 atom stereocenters. The molecule has 148 valence electrons. The largest absolute Gasteiger partial charge is 0.493 e. The van der Waals surface area contributed by atoms with Crippen LogP contribution in [0.5, 0.6) is 11.5 Å². The fraction of sp³-hybridized carbons (Fsp3) is 0.182. The molecule has 3 rings (SSSR count). The number of ether oxygens (including phenoxy) is 2. The molecular weight excluding hydrogens is 373 g/mol. The van der Waals surface area contributed by atoms with E-state index in [9.17, 15) is 9.18 Å². The van der Waals surface area contributed by atoms with Gasteiger partial charge in [-0.1, -0.05) is 24.0 Å². The smallest absolute Gasteiger partial charge is 0.270 e. The van der Waals surface area contributed by atoms with Crippen molar-refractivity contribution in [1.29, 1.82) is 0 Å². The van der Waals surface area contributed by atoms with Crippen LogP contribution in [0, 0.1) is 17.7 Å². The molecular formula is C22H20FN3O3. The lowest BCUT2D eigenvalue weighted by Crippen LogP contribution is -2.25. The molecule has 3 aromatic rings. The molecule has 1 amide bonds. The highest BCUT2D eigenvalue weighted by atomic mass is 19.1. The van der Waals surface area contributed by atoms with Crippen LogP contribution in [0.25, 0.3) is 11.3 Å². The van der Waals surface area contributed by atoms with E-state index < -0.39 is 0 Å². The number of aromatic nitrogens is 2. The molecule has 29 heavy (non-hydrogen) atoms. The molecule has 2 aromatic carbocycles. The number of benzene rings is 2. The summed E-state index contributed by atoms with van der Waals surface area (Å²) in [7, 11) is 3.25. The van der Waals surface area contributed by atoms with E-state index in [0.29, 0.717) is 22.9 Å². The third kappa shape index (κ3) is 5.14. The molecule has 0 aliphatic carbocycles. The minimum absolute atomic E-state index is 0.172. The number of aryl methyl sites for hydroxylation is 1. The fourth-order valence-corrected chi connectivity index (χ4v) is 2.62. The molecule has 0 saturated carbocycles. The normalized spacial score (nSPS) is 10.0. The molecule has 0 unspecified atom stereocenters. The minimum Gasteiger partial charge on any atom is -0.493 e. The van der Waals surface area contributed by atoms with Crippen LogP contribution in [0.4, 0.5) is 4.39 Å². The maximum absolute atomic E-state index is 13.1. The van der Waals surface area contributed by atoms with Crippen molar-refractivity contribution in [2.24, 2.45) is 7.05 Å². The van der Waals surface area contributed by atoms with E-state index in [2.05, 4.69) is 22.3 Å². The Labute approximate surface area is 168 Å². The number of amides is 1. The lowest BCUT2D eigenvalue weighted by atomic mass is 10.1. The number of rotatable bonds is 6. The van der Waals surface area contributed by atoms with E-state index in [1.807, 2.05) is 12.1 Å². The van der Waals surface area contributed by atoms with Gasteiger partial charge in [-0.3, -0.25) is 9.48 Å². The van der Waals surface area contributed by atoms with Crippen molar-refractivity contribution >= 4 is 5.91 Å². The van der Waals surface area contributed by atoms with E-state index in [-0.39, 0.29) is 24.9 Å². The van der Waals surface area contributed by atoms with Crippen LogP contribution in [-0.4, -0.2) is 35.9 Å². The molecule has 6 nitrogen and oxygen atoms in total. The summed E-state index contributed by atoms with van der Waals surface area (Å²) in [5.41, 5.74) is 1.71. The van der Waals surface area contributed by atoms with Crippen molar-refractivity contribution in [3.63, 3.8) is 0 Å². The van der Waals surface area contributed by atoms with Gasteiger partial charge in [0.15, 0.2) is 11.5 Å². The second-order valence-electron chi connectivity index (χ2n) is 6.02. The number of nitrogens with zero attached hydrogens (tertiary/aromatic N) is 2. The number of carbonyl (C=O) groups is 1. The third-order valence-corrected chi connectivity index (χ3v) is 4.08. The Kier molecular flexibility index (Phi) is 6.48. The molecule has 0 aliphatic heterocycles. The van der Waals surface area contributed by atoms with Gasteiger partial charge in [-0.25, -0.2) is 4.39 Å². The van der Waals surface area contributed by atoms with E-state index in [4.69, 9.17) is 9.47 Å². The predicted octanol–water partition coefficient (Wildman–Crippen LogP) is 3.05. The first-order valence-electron chi connectivity index (χ1n) is 8.88. The Morgan fingerprint density at radius 3 is 2.59 bits per heavy atom. The van der Waals surface area contributed by atoms with Crippen LogP contribution >= 0.6 is 0 Å².